The molecule has 0 unspecified atom stereocenters. The van der Waals surface area contributed by atoms with Crippen molar-refractivity contribution < 1.29 is 4.74 Å². The second-order valence-corrected chi connectivity index (χ2v) is 3.98. The Bertz CT molecular complexity index is 445. The zero-order chi connectivity index (χ0) is 12.1. The summed E-state index contributed by atoms with van der Waals surface area (Å²) >= 11 is 0. The van der Waals surface area contributed by atoms with Gasteiger partial charge in [0.1, 0.15) is 11.6 Å². The van der Waals surface area contributed by atoms with Gasteiger partial charge in [-0.3, -0.25) is 4.68 Å². The maximum Gasteiger partial charge on any atom is 0.148 e. The van der Waals surface area contributed by atoms with Gasteiger partial charge in [-0.05, 0) is 19.1 Å². The van der Waals surface area contributed by atoms with E-state index in [2.05, 4.69) is 5.10 Å². The highest BCUT2D eigenvalue weighted by atomic mass is 16.5. The van der Waals surface area contributed by atoms with E-state index in [-0.39, 0.29) is 0 Å². The lowest BCUT2D eigenvalue weighted by Gasteiger charge is -2.05. The van der Waals surface area contributed by atoms with Gasteiger partial charge in [-0.25, -0.2) is 0 Å². The average Bonchev–Trinajstić information content (AvgIpc) is 2.66. The molecule has 17 heavy (non-hydrogen) atoms. The normalized spacial score (nSPS) is 10.4. The zero-order valence-corrected chi connectivity index (χ0v) is 9.97. The molecule has 1 aromatic carbocycles. The van der Waals surface area contributed by atoms with Crippen LogP contribution in [0.2, 0.25) is 0 Å². The van der Waals surface area contributed by atoms with Crippen LogP contribution < -0.4 is 10.5 Å². The smallest absolute Gasteiger partial charge is 0.148 e. The molecule has 0 amide bonds. The van der Waals surface area contributed by atoms with Crippen molar-refractivity contribution in [3.63, 3.8) is 0 Å². The van der Waals surface area contributed by atoms with Gasteiger partial charge in [0.15, 0.2) is 0 Å². The van der Waals surface area contributed by atoms with Crippen LogP contribution in [0.15, 0.2) is 36.5 Å². The Morgan fingerprint density at radius 3 is 2.71 bits per heavy atom. The van der Waals surface area contributed by atoms with Crippen LogP contribution in [0.3, 0.4) is 0 Å². The number of aryl methyl sites for hydroxylation is 2. The van der Waals surface area contributed by atoms with E-state index in [0.29, 0.717) is 12.4 Å². The lowest BCUT2D eigenvalue weighted by atomic mass is 10.3. The van der Waals surface area contributed by atoms with Gasteiger partial charge in [0, 0.05) is 24.7 Å². The Morgan fingerprint density at radius 1 is 1.29 bits per heavy atom. The standard InChI is InChI=1S/C13H17N3O/c1-11-10-16(15-13(11)14)8-5-9-17-12-6-3-2-4-7-12/h2-4,6-7,10H,5,8-9H2,1H3,(H2,14,15). The molecular formula is C13H17N3O. The summed E-state index contributed by atoms with van der Waals surface area (Å²) in [5.74, 6) is 1.51. The van der Waals surface area contributed by atoms with Crippen LogP contribution in [0.25, 0.3) is 0 Å². The van der Waals surface area contributed by atoms with Crippen LogP contribution in [0.5, 0.6) is 5.75 Å². The van der Waals surface area contributed by atoms with E-state index in [4.69, 9.17) is 10.5 Å². The molecule has 0 radical (unpaired) electrons. The van der Waals surface area contributed by atoms with Crippen molar-refractivity contribution in [3.8, 4) is 5.75 Å². The van der Waals surface area contributed by atoms with Crippen molar-refractivity contribution in [2.24, 2.45) is 0 Å². The molecule has 0 aliphatic rings. The summed E-state index contributed by atoms with van der Waals surface area (Å²) in [7, 11) is 0. The number of nitrogens with zero attached hydrogens (tertiary/aromatic N) is 2. The van der Waals surface area contributed by atoms with Crippen molar-refractivity contribution >= 4 is 5.82 Å². The molecule has 0 fully saturated rings. The van der Waals surface area contributed by atoms with Gasteiger partial charge >= 0.3 is 0 Å². The lowest BCUT2D eigenvalue weighted by Crippen LogP contribution is -2.05. The van der Waals surface area contributed by atoms with E-state index in [0.717, 1.165) is 24.3 Å². The largest absolute Gasteiger partial charge is 0.494 e. The summed E-state index contributed by atoms with van der Waals surface area (Å²) in [5, 5.41) is 4.19. The molecule has 1 aromatic heterocycles. The van der Waals surface area contributed by atoms with Gasteiger partial charge in [0.05, 0.1) is 6.61 Å². The quantitative estimate of drug-likeness (QED) is 0.803. The van der Waals surface area contributed by atoms with Gasteiger partial charge in [-0.1, -0.05) is 18.2 Å². The summed E-state index contributed by atoms with van der Waals surface area (Å²) in [6.07, 6.45) is 2.87. The minimum absolute atomic E-state index is 0.606. The van der Waals surface area contributed by atoms with E-state index >= 15 is 0 Å². The van der Waals surface area contributed by atoms with Gasteiger partial charge in [-0.15, -0.1) is 0 Å². The number of aromatic nitrogens is 2. The third-order valence-electron chi connectivity index (χ3n) is 2.53. The van der Waals surface area contributed by atoms with Gasteiger partial charge in [0.25, 0.3) is 0 Å². The molecule has 0 saturated heterocycles. The third-order valence-corrected chi connectivity index (χ3v) is 2.53. The molecular weight excluding hydrogens is 214 g/mol. The molecule has 0 atom stereocenters. The third kappa shape index (κ3) is 3.24. The molecule has 2 aromatic rings. The number of hydrogen-bond donors (Lipinski definition) is 1. The molecule has 2 rings (SSSR count). The first-order valence-electron chi connectivity index (χ1n) is 5.73. The average molecular weight is 231 g/mol. The van der Waals surface area contributed by atoms with Gasteiger partial charge < -0.3 is 10.5 Å². The fourth-order valence-corrected chi connectivity index (χ4v) is 1.58. The minimum atomic E-state index is 0.606. The number of anilines is 1. The maximum absolute atomic E-state index is 5.67. The summed E-state index contributed by atoms with van der Waals surface area (Å²) in [6, 6.07) is 9.81. The second kappa shape index (κ2) is 5.39. The van der Waals surface area contributed by atoms with Crippen molar-refractivity contribution in [2.45, 2.75) is 19.9 Å². The topological polar surface area (TPSA) is 53.1 Å². The van der Waals surface area contributed by atoms with Crippen LogP contribution in [-0.2, 0) is 6.54 Å². The van der Waals surface area contributed by atoms with Crippen LogP contribution in [0, 0.1) is 6.92 Å². The summed E-state index contributed by atoms with van der Waals surface area (Å²) in [5.41, 5.74) is 6.69. The number of para-hydroxylation sites is 1. The highest BCUT2D eigenvalue weighted by molar-refractivity contribution is 5.35. The molecule has 0 bridgehead atoms. The second-order valence-electron chi connectivity index (χ2n) is 3.98. The predicted molar refractivity (Wildman–Crippen MR) is 67.9 cm³/mol. The number of nitrogens with two attached hydrogens (primary N) is 1. The fraction of sp³-hybridized carbons (Fsp3) is 0.308. The predicted octanol–water partition coefficient (Wildman–Crippen LogP) is 2.24. The minimum Gasteiger partial charge on any atom is -0.494 e. The van der Waals surface area contributed by atoms with Crippen molar-refractivity contribution in [3.05, 3.63) is 42.1 Å². The monoisotopic (exact) mass is 231 g/mol. The summed E-state index contributed by atoms with van der Waals surface area (Å²) in [6.45, 7) is 3.47. The number of benzene rings is 1. The number of hydrogen-bond acceptors (Lipinski definition) is 3. The first-order chi connectivity index (χ1) is 8.25. The summed E-state index contributed by atoms with van der Waals surface area (Å²) in [4.78, 5) is 0. The van der Waals surface area contributed by atoms with Crippen LogP contribution in [0.4, 0.5) is 5.82 Å². The van der Waals surface area contributed by atoms with Crippen LogP contribution in [-0.4, -0.2) is 16.4 Å². The lowest BCUT2D eigenvalue weighted by molar-refractivity contribution is 0.298. The molecule has 90 valence electrons. The molecule has 1 heterocycles. The number of rotatable bonds is 5. The molecule has 2 N–H and O–H groups in total. The van der Waals surface area contributed by atoms with Gasteiger partial charge in [-0.2, -0.15) is 5.10 Å². The molecule has 0 spiro atoms. The van der Waals surface area contributed by atoms with E-state index in [1.54, 1.807) is 0 Å². The number of ether oxygens (including phenoxy) is 1. The maximum atomic E-state index is 5.67. The Hall–Kier alpha value is -1.97. The Balaban J connectivity index is 1.73. The Kier molecular flexibility index (Phi) is 3.65. The molecule has 0 aliphatic carbocycles. The first kappa shape index (κ1) is 11.5. The molecule has 0 saturated carbocycles. The van der Waals surface area contributed by atoms with Gasteiger partial charge in [0.2, 0.25) is 0 Å². The van der Waals surface area contributed by atoms with E-state index in [1.807, 2.05) is 48.1 Å². The SMILES string of the molecule is Cc1cn(CCCOc2ccccc2)nc1N. The van der Waals surface area contributed by atoms with E-state index < -0.39 is 0 Å². The van der Waals surface area contributed by atoms with Crippen molar-refractivity contribution in [1.82, 2.24) is 9.78 Å². The highest BCUT2D eigenvalue weighted by Crippen LogP contribution is 2.09. The molecule has 4 nitrogen and oxygen atoms in total. The number of nitrogen functional groups attached to an aromatic ring is 1. The Labute approximate surface area is 101 Å². The van der Waals surface area contributed by atoms with Crippen LogP contribution >= 0.6 is 0 Å². The zero-order valence-electron chi connectivity index (χ0n) is 9.97. The summed E-state index contributed by atoms with van der Waals surface area (Å²) < 4.78 is 7.45. The van der Waals surface area contributed by atoms with Crippen molar-refractivity contribution in [2.75, 3.05) is 12.3 Å². The fourth-order valence-electron chi connectivity index (χ4n) is 1.58. The van der Waals surface area contributed by atoms with E-state index in [1.165, 1.54) is 0 Å². The molecule has 4 heteroatoms. The highest BCUT2D eigenvalue weighted by Gasteiger charge is 2.00. The van der Waals surface area contributed by atoms with E-state index in [9.17, 15) is 0 Å². The van der Waals surface area contributed by atoms with Crippen LogP contribution in [0.1, 0.15) is 12.0 Å². The van der Waals surface area contributed by atoms with Crippen molar-refractivity contribution in [1.29, 1.82) is 0 Å². The molecule has 0 aliphatic heterocycles. The first-order valence-corrected chi connectivity index (χ1v) is 5.73. The Morgan fingerprint density at radius 2 is 2.06 bits per heavy atom.